The molecule has 3 nitrogen and oxygen atoms in total. The summed E-state index contributed by atoms with van der Waals surface area (Å²) in [4.78, 5) is 0. The predicted octanol–water partition coefficient (Wildman–Crippen LogP) is 13.5. The van der Waals surface area contributed by atoms with Crippen LogP contribution < -0.4 is 0 Å². The van der Waals surface area contributed by atoms with Crippen LogP contribution in [-0.4, -0.2) is 4.57 Å². The van der Waals surface area contributed by atoms with E-state index in [0.717, 1.165) is 49.7 Å². The van der Waals surface area contributed by atoms with E-state index in [1.165, 1.54) is 43.8 Å². The fourth-order valence-electron chi connectivity index (χ4n) is 8.34. The quantitative estimate of drug-likeness (QED) is 0.168. The van der Waals surface area contributed by atoms with Crippen LogP contribution in [0.5, 0.6) is 0 Å². The largest absolute Gasteiger partial charge is 0.308 e. The zero-order valence-electron chi connectivity index (χ0n) is 29.7. The number of fused-ring (bicyclic) bond motifs is 5. The molecule has 0 saturated heterocycles. The first-order valence-electron chi connectivity index (χ1n) is 18.4. The van der Waals surface area contributed by atoms with Gasteiger partial charge in [0.05, 0.1) is 33.9 Å². The van der Waals surface area contributed by atoms with Gasteiger partial charge in [-0.25, -0.2) is 0 Å². The molecule has 0 aliphatic heterocycles. The minimum absolute atomic E-state index is 0.584. The molecule has 0 bridgehead atoms. The van der Waals surface area contributed by atoms with Crippen LogP contribution >= 0.6 is 0 Å². The van der Waals surface area contributed by atoms with Crippen molar-refractivity contribution in [3.63, 3.8) is 0 Å². The van der Waals surface area contributed by atoms with Gasteiger partial charge in [0.1, 0.15) is 6.07 Å². The second kappa shape index (κ2) is 13.0. The van der Waals surface area contributed by atoms with E-state index in [2.05, 4.69) is 162 Å². The van der Waals surface area contributed by atoms with Crippen molar-refractivity contribution in [1.29, 1.82) is 10.5 Å². The van der Waals surface area contributed by atoms with E-state index < -0.39 is 0 Å². The topological polar surface area (TPSA) is 52.5 Å². The molecular formula is C52H31N3. The number of aromatic nitrogens is 1. The smallest absolute Gasteiger partial charge is 0.101 e. The van der Waals surface area contributed by atoms with Crippen molar-refractivity contribution in [2.24, 2.45) is 0 Å². The zero-order chi connectivity index (χ0) is 36.9. The molecule has 1 aromatic heterocycles. The minimum Gasteiger partial charge on any atom is -0.308 e. The predicted molar refractivity (Wildman–Crippen MR) is 227 cm³/mol. The summed E-state index contributed by atoms with van der Waals surface area (Å²) in [5.74, 6) is 0. The van der Waals surface area contributed by atoms with Crippen LogP contribution in [0.3, 0.4) is 0 Å². The van der Waals surface area contributed by atoms with E-state index in [1.807, 2.05) is 42.5 Å². The van der Waals surface area contributed by atoms with Crippen LogP contribution in [0.4, 0.5) is 0 Å². The number of hydrogen-bond donors (Lipinski definition) is 0. The standard InChI is InChI=1S/C52H31N3/c53-32-34-18-28-50-47(30-34)42-12-8-9-17-49(42)55(50)48-29-27-40(31-41(48)33-54)37-21-19-35(20-22-37)36-23-25-39(26-24-36)52-45-15-6-4-13-43(45)51(38-10-2-1-3-11-38)44-14-5-7-16-46(44)52/h1-31H. The van der Waals surface area contributed by atoms with Gasteiger partial charge >= 0.3 is 0 Å². The average Bonchev–Trinajstić information content (AvgIpc) is 3.59. The first-order chi connectivity index (χ1) is 27.2. The molecule has 10 aromatic rings. The van der Waals surface area contributed by atoms with Crippen molar-refractivity contribution >= 4 is 43.4 Å². The van der Waals surface area contributed by atoms with Crippen LogP contribution in [0.15, 0.2) is 188 Å². The summed E-state index contributed by atoms with van der Waals surface area (Å²) in [6.07, 6.45) is 0. The number of nitriles is 2. The maximum Gasteiger partial charge on any atom is 0.101 e. The number of rotatable bonds is 5. The van der Waals surface area contributed by atoms with Crippen molar-refractivity contribution < 1.29 is 0 Å². The molecule has 3 heteroatoms. The maximum atomic E-state index is 10.4. The Balaban J connectivity index is 0.996. The monoisotopic (exact) mass is 697 g/mol. The van der Waals surface area contributed by atoms with Crippen molar-refractivity contribution in [3.8, 4) is 62.3 Å². The van der Waals surface area contributed by atoms with Crippen LogP contribution in [0.1, 0.15) is 11.1 Å². The Kier molecular flexibility index (Phi) is 7.58. The molecule has 0 spiro atoms. The number of para-hydroxylation sites is 1. The second-order valence-corrected chi connectivity index (χ2v) is 13.9. The molecule has 55 heavy (non-hydrogen) atoms. The van der Waals surface area contributed by atoms with E-state index in [1.54, 1.807) is 0 Å². The molecule has 0 atom stereocenters. The van der Waals surface area contributed by atoms with Gasteiger partial charge in [-0.05, 0) is 102 Å². The molecule has 0 saturated carbocycles. The van der Waals surface area contributed by atoms with Crippen molar-refractivity contribution in [2.45, 2.75) is 0 Å². The summed E-state index contributed by atoms with van der Waals surface area (Å²) < 4.78 is 2.13. The Morgan fingerprint density at radius 2 is 0.782 bits per heavy atom. The molecule has 0 amide bonds. The van der Waals surface area contributed by atoms with Gasteiger partial charge in [-0.3, -0.25) is 0 Å². The first-order valence-corrected chi connectivity index (χ1v) is 18.4. The molecule has 10 rings (SSSR count). The first kappa shape index (κ1) is 32.0. The third kappa shape index (κ3) is 5.27. The third-order valence-electron chi connectivity index (χ3n) is 10.9. The molecule has 0 aliphatic carbocycles. The highest BCUT2D eigenvalue weighted by molar-refractivity contribution is 6.21. The van der Waals surface area contributed by atoms with Gasteiger partial charge in [0.2, 0.25) is 0 Å². The summed E-state index contributed by atoms with van der Waals surface area (Å²) in [6.45, 7) is 0. The van der Waals surface area contributed by atoms with Crippen LogP contribution in [0.2, 0.25) is 0 Å². The zero-order valence-corrected chi connectivity index (χ0v) is 29.7. The van der Waals surface area contributed by atoms with Crippen molar-refractivity contribution in [3.05, 3.63) is 199 Å². The van der Waals surface area contributed by atoms with E-state index in [4.69, 9.17) is 0 Å². The lowest BCUT2D eigenvalue weighted by Crippen LogP contribution is -1.98. The lowest BCUT2D eigenvalue weighted by Gasteiger charge is -2.18. The van der Waals surface area contributed by atoms with Crippen molar-refractivity contribution in [1.82, 2.24) is 4.57 Å². The number of benzene rings is 9. The lowest BCUT2D eigenvalue weighted by atomic mass is 9.86. The molecule has 0 fully saturated rings. The Labute approximate surface area is 318 Å². The van der Waals surface area contributed by atoms with E-state index in [-0.39, 0.29) is 0 Å². The Bertz CT molecular complexity index is 3140. The highest BCUT2D eigenvalue weighted by atomic mass is 15.0. The van der Waals surface area contributed by atoms with Gasteiger partial charge in [0.25, 0.3) is 0 Å². The molecule has 0 unspecified atom stereocenters. The fourth-order valence-corrected chi connectivity index (χ4v) is 8.34. The average molecular weight is 698 g/mol. The number of hydrogen-bond acceptors (Lipinski definition) is 2. The van der Waals surface area contributed by atoms with Gasteiger partial charge in [-0.2, -0.15) is 10.5 Å². The lowest BCUT2D eigenvalue weighted by molar-refractivity contribution is 1.17. The van der Waals surface area contributed by atoms with Gasteiger partial charge in [0.15, 0.2) is 0 Å². The Hall–Kier alpha value is -7.72. The summed E-state index contributed by atoms with van der Waals surface area (Å²) in [5.41, 5.74) is 13.2. The summed E-state index contributed by atoms with van der Waals surface area (Å²) in [6, 6.07) is 70.4. The molecule has 9 aromatic carbocycles. The minimum atomic E-state index is 0.584. The Morgan fingerprint density at radius 3 is 1.35 bits per heavy atom. The van der Waals surface area contributed by atoms with Crippen LogP contribution in [0, 0.1) is 22.7 Å². The van der Waals surface area contributed by atoms with Crippen LogP contribution in [-0.2, 0) is 0 Å². The molecule has 0 N–H and O–H groups in total. The van der Waals surface area contributed by atoms with E-state index in [9.17, 15) is 10.5 Å². The number of nitrogens with zero attached hydrogens (tertiary/aromatic N) is 3. The molecule has 0 aliphatic rings. The van der Waals surface area contributed by atoms with E-state index in [0.29, 0.717) is 11.1 Å². The van der Waals surface area contributed by atoms with Gasteiger partial charge in [-0.1, -0.05) is 152 Å². The molecular weight excluding hydrogens is 667 g/mol. The Morgan fingerprint density at radius 1 is 0.327 bits per heavy atom. The van der Waals surface area contributed by atoms with Crippen LogP contribution in [0.25, 0.3) is 93.5 Å². The molecule has 0 radical (unpaired) electrons. The summed E-state index contributed by atoms with van der Waals surface area (Å²) in [5, 5.41) is 27.0. The second-order valence-electron chi connectivity index (χ2n) is 13.9. The van der Waals surface area contributed by atoms with E-state index >= 15 is 0 Å². The highest BCUT2D eigenvalue weighted by Gasteiger charge is 2.18. The van der Waals surface area contributed by atoms with Gasteiger partial charge in [-0.15, -0.1) is 0 Å². The fraction of sp³-hybridized carbons (Fsp3) is 0. The summed E-state index contributed by atoms with van der Waals surface area (Å²) in [7, 11) is 0. The maximum absolute atomic E-state index is 10.4. The normalized spacial score (nSPS) is 11.2. The van der Waals surface area contributed by atoms with Gasteiger partial charge in [0, 0.05) is 10.8 Å². The molecule has 1 heterocycles. The van der Waals surface area contributed by atoms with Crippen molar-refractivity contribution in [2.75, 3.05) is 0 Å². The SMILES string of the molecule is N#Cc1ccc2c(c1)c1ccccc1n2-c1ccc(-c2ccc(-c3ccc(-c4c5ccccc5c(-c5ccccc5)c5ccccc45)cc3)cc2)cc1C#N. The summed E-state index contributed by atoms with van der Waals surface area (Å²) >= 11 is 0. The highest BCUT2D eigenvalue weighted by Crippen LogP contribution is 2.44. The molecule has 254 valence electrons. The van der Waals surface area contributed by atoms with Gasteiger partial charge < -0.3 is 4.57 Å². The third-order valence-corrected chi connectivity index (χ3v) is 10.9.